The van der Waals surface area contributed by atoms with Crippen LogP contribution < -0.4 is 4.74 Å². The number of rotatable bonds is 5. The number of amides is 1. The monoisotopic (exact) mass is 397 g/mol. The molecule has 3 aromatic rings. The van der Waals surface area contributed by atoms with Gasteiger partial charge in [0.2, 0.25) is 0 Å². The number of hydrogen-bond donors (Lipinski definition) is 1. The van der Waals surface area contributed by atoms with Gasteiger partial charge in [-0.15, -0.1) is 5.10 Å². The highest BCUT2D eigenvalue weighted by molar-refractivity contribution is 5.66. The van der Waals surface area contributed by atoms with E-state index in [1.807, 2.05) is 0 Å². The minimum absolute atomic E-state index is 0.0618. The molecule has 3 atom stereocenters. The Kier molecular flexibility index (Phi) is 4.30. The van der Waals surface area contributed by atoms with E-state index in [-0.39, 0.29) is 24.7 Å². The number of nitrogens with zero attached hydrogens (tertiary/aromatic N) is 9. The van der Waals surface area contributed by atoms with E-state index in [0.717, 1.165) is 25.7 Å². The fourth-order valence-corrected chi connectivity index (χ4v) is 4.22. The molecule has 2 bridgehead atoms. The summed E-state index contributed by atoms with van der Waals surface area (Å²) in [4.78, 5) is 19.0. The van der Waals surface area contributed by atoms with Crippen LogP contribution in [0.1, 0.15) is 37.4 Å². The number of hydrogen-bond acceptors (Lipinski definition) is 8. The number of carbonyl (C=O) groups is 1. The van der Waals surface area contributed by atoms with Crippen LogP contribution in [0, 0.1) is 0 Å². The standard InChI is InChI=1S/C17H19N9O3/c27-17(28)25-12-1-2-13(25)6-14(5-12)26-20-7-11(21-26)9-29-15-3-4-16(18-8-15)24-10-19-22-23-24/h3-4,7-8,10,12-14H,1-2,5-6,9H2,(H,27,28)/t12-,13+,14+. The van der Waals surface area contributed by atoms with Crippen LogP contribution in [0.2, 0.25) is 0 Å². The van der Waals surface area contributed by atoms with Crippen molar-refractivity contribution in [3.05, 3.63) is 36.5 Å². The van der Waals surface area contributed by atoms with Crippen molar-refractivity contribution in [2.45, 2.75) is 50.4 Å². The van der Waals surface area contributed by atoms with Gasteiger partial charge in [0.05, 0.1) is 18.4 Å². The van der Waals surface area contributed by atoms with E-state index < -0.39 is 6.09 Å². The van der Waals surface area contributed by atoms with Crippen LogP contribution in [0.25, 0.3) is 5.82 Å². The SMILES string of the molecule is O=C(O)N1[C@@H]2CC[C@H]1C[C@@H](n1ncc(COc3ccc(-n4cnnn4)nc3)n1)C2. The molecule has 1 amide bonds. The summed E-state index contributed by atoms with van der Waals surface area (Å²) < 4.78 is 7.20. The van der Waals surface area contributed by atoms with E-state index in [4.69, 9.17) is 4.74 Å². The Bertz CT molecular complexity index is 974. The van der Waals surface area contributed by atoms with E-state index in [9.17, 15) is 9.90 Å². The van der Waals surface area contributed by atoms with Crippen molar-refractivity contribution in [2.75, 3.05) is 0 Å². The van der Waals surface area contributed by atoms with Crippen molar-refractivity contribution in [1.82, 2.24) is 45.1 Å². The lowest BCUT2D eigenvalue weighted by atomic mass is 9.98. The molecule has 12 heteroatoms. The number of carboxylic acid groups (broad SMARTS) is 1. The predicted octanol–water partition coefficient (Wildman–Crippen LogP) is 1.07. The third-order valence-electron chi connectivity index (χ3n) is 5.50. The lowest BCUT2D eigenvalue weighted by molar-refractivity contribution is 0.0813. The van der Waals surface area contributed by atoms with Crippen LogP contribution in [-0.4, -0.2) is 68.4 Å². The highest BCUT2D eigenvalue weighted by Gasteiger charge is 2.44. The molecule has 0 unspecified atom stereocenters. The van der Waals surface area contributed by atoms with Crippen LogP contribution in [0.3, 0.4) is 0 Å². The Morgan fingerprint density at radius 1 is 1.17 bits per heavy atom. The molecule has 5 rings (SSSR count). The summed E-state index contributed by atoms with van der Waals surface area (Å²) in [5.74, 6) is 1.19. The molecule has 2 aliphatic heterocycles. The average molecular weight is 397 g/mol. The van der Waals surface area contributed by atoms with Gasteiger partial charge in [-0.1, -0.05) is 0 Å². The quantitative estimate of drug-likeness (QED) is 0.670. The van der Waals surface area contributed by atoms with E-state index in [0.29, 0.717) is 17.3 Å². The molecule has 0 aliphatic carbocycles. The van der Waals surface area contributed by atoms with Crippen molar-refractivity contribution in [3.8, 4) is 11.6 Å². The van der Waals surface area contributed by atoms with Crippen molar-refractivity contribution in [3.63, 3.8) is 0 Å². The fourth-order valence-electron chi connectivity index (χ4n) is 4.22. The topological polar surface area (TPSA) is 137 Å². The van der Waals surface area contributed by atoms with Crippen molar-refractivity contribution < 1.29 is 14.6 Å². The minimum Gasteiger partial charge on any atom is -0.486 e. The first-order chi connectivity index (χ1) is 14.2. The summed E-state index contributed by atoms with van der Waals surface area (Å²) in [7, 11) is 0. The molecule has 29 heavy (non-hydrogen) atoms. The van der Waals surface area contributed by atoms with Crippen LogP contribution in [0.5, 0.6) is 5.75 Å². The van der Waals surface area contributed by atoms with Crippen molar-refractivity contribution >= 4 is 6.09 Å². The summed E-state index contributed by atoms with van der Waals surface area (Å²) in [6.45, 7) is 0.271. The van der Waals surface area contributed by atoms with Gasteiger partial charge in [0, 0.05) is 12.1 Å². The lowest BCUT2D eigenvalue weighted by Gasteiger charge is -2.36. The van der Waals surface area contributed by atoms with Gasteiger partial charge in [0.15, 0.2) is 5.82 Å². The number of pyridine rings is 1. The number of aromatic nitrogens is 8. The Morgan fingerprint density at radius 3 is 2.66 bits per heavy atom. The third-order valence-corrected chi connectivity index (χ3v) is 5.50. The van der Waals surface area contributed by atoms with Gasteiger partial charge in [0.25, 0.3) is 0 Å². The van der Waals surface area contributed by atoms with Gasteiger partial charge >= 0.3 is 6.09 Å². The smallest absolute Gasteiger partial charge is 0.407 e. The molecule has 5 heterocycles. The first-order valence-corrected chi connectivity index (χ1v) is 9.41. The van der Waals surface area contributed by atoms with Gasteiger partial charge in [-0.2, -0.15) is 19.7 Å². The van der Waals surface area contributed by atoms with Crippen LogP contribution in [0.15, 0.2) is 30.9 Å². The summed E-state index contributed by atoms with van der Waals surface area (Å²) in [5.41, 5.74) is 0.711. The molecule has 0 aromatic carbocycles. The summed E-state index contributed by atoms with van der Waals surface area (Å²) in [6.07, 6.45) is 7.26. The van der Waals surface area contributed by atoms with Crippen LogP contribution in [-0.2, 0) is 6.61 Å². The van der Waals surface area contributed by atoms with Crippen molar-refractivity contribution in [1.29, 1.82) is 0 Å². The van der Waals surface area contributed by atoms with E-state index in [2.05, 4.69) is 30.7 Å². The zero-order chi connectivity index (χ0) is 19.8. The Labute approximate surface area is 165 Å². The van der Waals surface area contributed by atoms with Gasteiger partial charge < -0.3 is 14.7 Å². The summed E-state index contributed by atoms with van der Waals surface area (Å²) in [6, 6.07) is 3.79. The first kappa shape index (κ1) is 17.5. The maximum Gasteiger partial charge on any atom is 0.407 e. The molecule has 3 aromatic heterocycles. The zero-order valence-corrected chi connectivity index (χ0v) is 15.4. The second-order valence-electron chi connectivity index (χ2n) is 7.25. The normalized spacial score (nSPS) is 23.3. The number of tetrazole rings is 1. The lowest BCUT2D eigenvalue weighted by Crippen LogP contribution is -2.46. The molecule has 150 valence electrons. The van der Waals surface area contributed by atoms with E-state index >= 15 is 0 Å². The maximum absolute atomic E-state index is 11.4. The first-order valence-electron chi connectivity index (χ1n) is 9.41. The zero-order valence-electron chi connectivity index (χ0n) is 15.4. The van der Waals surface area contributed by atoms with Gasteiger partial charge in [-0.05, 0) is 48.2 Å². The predicted molar refractivity (Wildman–Crippen MR) is 96.2 cm³/mol. The second kappa shape index (κ2) is 7.11. The summed E-state index contributed by atoms with van der Waals surface area (Å²) >= 11 is 0. The second-order valence-corrected chi connectivity index (χ2v) is 7.25. The molecule has 0 saturated carbocycles. The molecule has 2 aliphatic rings. The van der Waals surface area contributed by atoms with E-state index in [1.165, 1.54) is 11.0 Å². The highest BCUT2D eigenvalue weighted by Crippen LogP contribution is 2.40. The van der Waals surface area contributed by atoms with Crippen LogP contribution in [0.4, 0.5) is 4.79 Å². The summed E-state index contributed by atoms with van der Waals surface area (Å²) in [5, 5.41) is 29.2. The average Bonchev–Trinajstić information content (AvgIpc) is 3.47. The molecular formula is C17H19N9O3. The van der Waals surface area contributed by atoms with Gasteiger partial charge in [-0.25, -0.2) is 9.78 Å². The van der Waals surface area contributed by atoms with Gasteiger partial charge in [-0.3, -0.25) is 0 Å². The van der Waals surface area contributed by atoms with E-state index in [1.54, 1.807) is 34.2 Å². The fraction of sp³-hybridized carbons (Fsp3) is 0.471. The van der Waals surface area contributed by atoms with Gasteiger partial charge in [0.1, 0.15) is 24.4 Å². The molecule has 0 radical (unpaired) electrons. The number of piperidine rings is 1. The molecule has 2 saturated heterocycles. The molecule has 2 fully saturated rings. The maximum atomic E-state index is 11.4. The third kappa shape index (κ3) is 3.37. The minimum atomic E-state index is -0.821. The molecule has 0 spiro atoms. The molecule has 1 N–H and O–H groups in total. The Morgan fingerprint density at radius 2 is 2.00 bits per heavy atom. The number of fused-ring (bicyclic) bond motifs is 2. The molecule has 12 nitrogen and oxygen atoms in total. The van der Waals surface area contributed by atoms with Crippen LogP contribution >= 0.6 is 0 Å². The number of ether oxygens (including phenoxy) is 1. The Balaban J connectivity index is 1.20. The Hall–Kier alpha value is -3.57. The largest absolute Gasteiger partial charge is 0.486 e. The highest BCUT2D eigenvalue weighted by atomic mass is 16.5. The molecular weight excluding hydrogens is 378 g/mol. The van der Waals surface area contributed by atoms with Crippen molar-refractivity contribution in [2.24, 2.45) is 0 Å².